The number of nitrogens with zero attached hydrogens (tertiary/aromatic N) is 2. The SMILES string of the molecule is O=C(Cc1ccc(CNc2nccs2)s1)Nc1cccc(Oc2ccncc2)c1. The number of anilines is 2. The molecule has 0 bridgehead atoms. The molecule has 29 heavy (non-hydrogen) atoms. The van der Waals surface area contributed by atoms with E-state index in [0.717, 1.165) is 14.9 Å². The van der Waals surface area contributed by atoms with Crippen LogP contribution in [0.4, 0.5) is 10.8 Å². The van der Waals surface area contributed by atoms with Gasteiger partial charge in [0.2, 0.25) is 5.91 Å². The highest BCUT2D eigenvalue weighted by Gasteiger charge is 2.08. The third-order valence-electron chi connectivity index (χ3n) is 3.90. The molecule has 0 radical (unpaired) electrons. The fourth-order valence-electron chi connectivity index (χ4n) is 2.63. The molecule has 0 saturated heterocycles. The van der Waals surface area contributed by atoms with Gasteiger partial charge in [0.1, 0.15) is 11.5 Å². The number of hydrogen-bond donors (Lipinski definition) is 2. The second kappa shape index (κ2) is 9.31. The summed E-state index contributed by atoms with van der Waals surface area (Å²) in [5.74, 6) is 1.29. The van der Waals surface area contributed by atoms with Crippen molar-refractivity contribution in [1.29, 1.82) is 0 Å². The molecule has 0 fully saturated rings. The van der Waals surface area contributed by atoms with E-state index < -0.39 is 0 Å². The van der Waals surface area contributed by atoms with E-state index in [4.69, 9.17) is 4.74 Å². The van der Waals surface area contributed by atoms with E-state index in [1.54, 1.807) is 59.5 Å². The minimum absolute atomic E-state index is 0.0626. The quantitative estimate of drug-likeness (QED) is 0.409. The van der Waals surface area contributed by atoms with E-state index >= 15 is 0 Å². The van der Waals surface area contributed by atoms with Crippen LogP contribution >= 0.6 is 22.7 Å². The van der Waals surface area contributed by atoms with E-state index in [2.05, 4.69) is 20.6 Å². The van der Waals surface area contributed by atoms with Gasteiger partial charge in [-0.3, -0.25) is 9.78 Å². The minimum atomic E-state index is -0.0626. The summed E-state index contributed by atoms with van der Waals surface area (Å²) in [5, 5.41) is 9.03. The molecule has 1 aromatic carbocycles. The van der Waals surface area contributed by atoms with Crippen molar-refractivity contribution >= 4 is 39.4 Å². The van der Waals surface area contributed by atoms with Crippen molar-refractivity contribution in [1.82, 2.24) is 9.97 Å². The summed E-state index contributed by atoms with van der Waals surface area (Å²) in [6.45, 7) is 0.703. The van der Waals surface area contributed by atoms with Gasteiger partial charge < -0.3 is 15.4 Å². The van der Waals surface area contributed by atoms with Crippen LogP contribution in [-0.2, 0) is 17.8 Å². The Morgan fingerprint density at radius 3 is 2.69 bits per heavy atom. The highest BCUT2D eigenvalue weighted by atomic mass is 32.1. The number of aromatic nitrogens is 2. The summed E-state index contributed by atoms with van der Waals surface area (Å²) < 4.78 is 5.78. The third-order valence-corrected chi connectivity index (χ3v) is 5.72. The van der Waals surface area contributed by atoms with Crippen LogP contribution < -0.4 is 15.4 Å². The molecule has 0 spiro atoms. The summed E-state index contributed by atoms with van der Waals surface area (Å²) in [4.78, 5) is 22.8. The topological polar surface area (TPSA) is 76.1 Å². The summed E-state index contributed by atoms with van der Waals surface area (Å²) in [7, 11) is 0. The Kier molecular flexibility index (Phi) is 6.13. The fourth-order valence-corrected chi connectivity index (χ4v) is 4.11. The van der Waals surface area contributed by atoms with Crippen LogP contribution in [0.5, 0.6) is 11.5 Å². The first kappa shape index (κ1) is 19.1. The van der Waals surface area contributed by atoms with Gasteiger partial charge in [0.25, 0.3) is 0 Å². The number of hydrogen-bond acceptors (Lipinski definition) is 7. The zero-order valence-corrected chi connectivity index (χ0v) is 17.0. The summed E-state index contributed by atoms with van der Waals surface area (Å²) in [5.41, 5.74) is 0.698. The van der Waals surface area contributed by atoms with Gasteiger partial charge in [0.15, 0.2) is 5.13 Å². The maximum absolute atomic E-state index is 12.4. The van der Waals surface area contributed by atoms with Crippen molar-refractivity contribution in [3.8, 4) is 11.5 Å². The van der Waals surface area contributed by atoms with Crippen LogP contribution in [0.2, 0.25) is 0 Å². The van der Waals surface area contributed by atoms with Crippen molar-refractivity contribution in [2.75, 3.05) is 10.6 Å². The van der Waals surface area contributed by atoms with Gasteiger partial charge in [-0.05, 0) is 36.4 Å². The molecule has 146 valence electrons. The lowest BCUT2D eigenvalue weighted by Crippen LogP contribution is -2.13. The lowest BCUT2D eigenvalue weighted by atomic mass is 10.2. The zero-order chi connectivity index (χ0) is 19.9. The second-order valence-electron chi connectivity index (χ2n) is 6.10. The molecular weight excluding hydrogens is 404 g/mol. The molecule has 4 rings (SSSR count). The number of ether oxygens (including phenoxy) is 1. The van der Waals surface area contributed by atoms with E-state index in [0.29, 0.717) is 30.2 Å². The molecule has 0 atom stereocenters. The van der Waals surface area contributed by atoms with E-state index in [9.17, 15) is 4.79 Å². The van der Waals surface area contributed by atoms with Gasteiger partial charge in [0.05, 0.1) is 13.0 Å². The number of amides is 1. The largest absolute Gasteiger partial charge is 0.457 e. The molecule has 3 aromatic heterocycles. The summed E-state index contributed by atoms with van der Waals surface area (Å²) in [6.07, 6.45) is 5.44. The lowest BCUT2D eigenvalue weighted by molar-refractivity contribution is -0.115. The van der Waals surface area contributed by atoms with Gasteiger partial charge in [-0.1, -0.05) is 6.07 Å². The average molecular weight is 423 g/mol. The Balaban J connectivity index is 1.31. The lowest BCUT2D eigenvalue weighted by Gasteiger charge is -2.08. The molecule has 0 aliphatic carbocycles. The third kappa shape index (κ3) is 5.63. The standard InChI is InChI=1S/C21H18N4O2S2/c26-20(13-18-4-5-19(29-18)14-24-21-23-10-11-28-21)25-15-2-1-3-17(12-15)27-16-6-8-22-9-7-16/h1-12H,13-14H2,(H,23,24)(H,25,26). The monoisotopic (exact) mass is 422 g/mol. The molecule has 0 aliphatic rings. The smallest absolute Gasteiger partial charge is 0.229 e. The van der Waals surface area contributed by atoms with Crippen LogP contribution in [0.25, 0.3) is 0 Å². The number of nitrogens with one attached hydrogen (secondary N) is 2. The molecule has 8 heteroatoms. The normalized spacial score (nSPS) is 10.5. The molecule has 4 aromatic rings. The Hall–Kier alpha value is -3.23. The first-order valence-electron chi connectivity index (χ1n) is 8.93. The molecular formula is C21H18N4O2S2. The average Bonchev–Trinajstić information content (AvgIpc) is 3.39. The predicted molar refractivity (Wildman–Crippen MR) is 117 cm³/mol. The predicted octanol–water partition coefficient (Wildman–Crippen LogP) is 5.19. The molecule has 1 amide bonds. The van der Waals surface area contributed by atoms with Crippen LogP contribution in [0.3, 0.4) is 0 Å². The van der Waals surface area contributed by atoms with Gasteiger partial charge in [0, 0.05) is 45.5 Å². The number of pyridine rings is 1. The maximum atomic E-state index is 12.4. The molecule has 0 aliphatic heterocycles. The molecule has 3 heterocycles. The van der Waals surface area contributed by atoms with Gasteiger partial charge in [-0.25, -0.2) is 4.98 Å². The molecule has 0 saturated carbocycles. The number of benzene rings is 1. The molecule has 6 nitrogen and oxygen atoms in total. The summed E-state index contributed by atoms with van der Waals surface area (Å²) >= 11 is 3.19. The Labute approximate surface area is 176 Å². The van der Waals surface area contributed by atoms with E-state index in [1.165, 1.54) is 0 Å². The van der Waals surface area contributed by atoms with Crippen LogP contribution in [-0.4, -0.2) is 15.9 Å². The van der Waals surface area contributed by atoms with Crippen LogP contribution in [0.15, 0.2) is 72.5 Å². The fraction of sp³-hybridized carbons (Fsp3) is 0.0952. The minimum Gasteiger partial charge on any atom is -0.457 e. The first-order chi connectivity index (χ1) is 14.2. The van der Waals surface area contributed by atoms with Crippen molar-refractivity contribution in [2.45, 2.75) is 13.0 Å². The van der Waals surface area contributed by atoms with Gasteiger partial charge in [-0.15, -0.1) is 22.7 Å². The zero-order valence-electron chi connectivity index (χ0n) is 15.4. The van der Waals surface area contributed by atoms with Gasteiger partial charge >= 0.3 is 0 Å². The summed E-state index contributed by atoms with van der Waals surface area (Å²) in [6, 6.07) is 14.9. The number of thiophene rings is 1. The van der Waals surface area contributed by atoms with Crippen molar-refractivity contribution in [3.63, 3.8) is 0 Å². The Morgan fingerprint density at radius 1 is 1.00 bits per heavy atom. The van der Waals surface area contributed by atoms with Crippen LogP contribution in [0.1, 0.15) is 9.75 Å². The van der Waals surface area contributed by atoms with Crippen molar-refractivity contribution in [3.05, 3.63) is 82.3 Å². The molecule has 2 N–H and O–H groups in total. The number of carbonyl (C=O) groups is 1. The molecule has 0 unspecified atom stereocenters. The van der Waals surface area contributed by atoms with E-state index in [-0.39, 0.29) is 5.91 Å². The van der Waals surface area contributed by atoms with Crippen molar-refractivity contribution < 1.29 is 9.53 Å². The van der Waals surface area contributed by atoms with E-state index in [1.807, 2.05) is 35.7 Å². The maximum Gasteiger partial charge on any atom is 0.229 e. The Bertz CT molecular complexity index is 1070. The van der Waals surface area contributed by atoms with Gasteiger partial charge in [-0.2, -0.15) is 0 Å². The Morgan fingerprint density at radius 2 is 1.86 bits per heavy atom. The second-order valence-corrected chi connectivity index (χ2v) is 8.24. The highest BCUT2D eigenvalue weighted by molar-refractivity contribution is 7.13. The number of thiazole rings is 1. The number of carbonyl (C=O) groups excluding carboxylic acids is 1. The van der Waals surface area contributed by atoms with Crippen molar-refractivity contribution in [2.24, 2.45) is 0 Å². The highest BCUT2D eigenvalue weighted by Crippen LogP contribution is 2.24. The first-order valence-corrected chi connectivity index (χ1v) is 10.6. The van der Waals surface area contributed by atoms with Crippen LogP contribution in [0, 0.1) is 0 Å². The number of rotatable bonds is 8.